The fraction of sp³-hybridized carbons (Fsp3) is 0.500. The molecule has 0 aliphatic rings. The van der Waals surface area contributed by atoms with Gasteiger partial charge in [0.1, 0.15) is 12.2 Å². The van der Waals surface area contributed by atoms with E-state index in [4.69, 9.17) is 11.6 Å². The molecule has 7 heavy (non-hydrogen) atoms. The Bertz CT molecular complexity index is 77.8. The minimum absolute atomic E-state index is 0.141. The van der Waals surface area contributed by atoms with Gasteiger partial charge in [0.25, 0.3) is 0 Å². The lowest BCUT2D eigenvalue weighted by molar-refractivity contribution is 0.561. The summed E-state index contributed by atoms with van der Waals surface area (Å²) in [7, 11) is 0. The van der Waals surface area contributed by atoms with Crippen molar-refractivity contribution >= 4 is 11.6 Å². The predicted octanol–water partition coefficient (Wildman–Crippen LogP) is 2.39. The van der Waals surface area contributed by atoms with Gasteiger partial charge in [0, 0.05) is 0 Å². The van der Waals surface area contributed by atoms with Gasteiger partial charge in [-0.1, -0.05) is 0 Å². The Morgan fingerprint density at radius 2 is 2.29 bits per heavy atom. The summed E-state index contributed by atoms with van der Waals surface area (Å²) < 4.78 is 22.6. The Balaban J connectivity index is 3.56. The molecule has 0 N–H and O–H groups in total. The number of allylic oxidation sites excluding steroid dienone is 1. The molecule has 0 rings (SSSR count). The second-order valence-electron chi connectivity index (χ2n) is 1.11. The molecule has 1 unspecified atom stereocenters. The van der Waals surface area contributed by atoms with Crippen LogP contribution in [0.25, 0.3) is 0 Å². The minimum Gasteiger partial charge on any atom is -0.213 e. The Kier molecular flexibility index (Phi) is 2.92. The molecule has 0 aliphatic carbocycles. The minimum atomic E-state index is -0.929. The first kappa shape index (κ1) is 6.89. The molecule has 0 saturated carbocycles. The van der Waals surface area contributed by atoms with Gasteiger partial charge in [0.15, 0.2) is 0 Å². The topological polar surface area (TPSA) is 0 Å². The lowest BCUT2D eigenvalue weighted by atomic mass is 10.4. The Morgan fingerprint density at radius 3 is 2.29 bits per heavy atom. The first-order valence-electron chi connectivity index (χ1n) is 1.78. The zero-order valence-electron chi connectivity index (χ0n) is 3.79. The van der Waals surface area contributed by atoms with Crippen molar-refractivity contribution in [2.45, 2.75) is 12.3 Å². The van der Waals surface area contributed by atoms with E-state index in [-0.39, 0.29) is 6.33 Å². The van der Waals surface area contributed by atoms with E-state index in [9.17, 15) is 8.78 Å². The third kappa shape index (κ3) is 2.57. The van der Waals surface area contributed by atoms with Gasteiger partial charge in [-0.15, -0.1) is 11.6 Å². The van der Waals surface area contributed by atoms with Crippen molar-refractivity contribution in [3.8, 4) is 0 Å². The Morgan fingerprint density at radius 1 is 1.86 bits per heavy atom. The van der Waals surface area contributed by atoms with Crippen molar-refractivity contribution in [1.29, 1.82) is 0 Å². The summed E-state index contributed by atoms with van der Waals surface area (Å²) >= 11 is 5.05. The van der Waals surface area contributed by atoms with Crippen LogP contribution in [0.4, 0.5) is 8.78 Å². The maximum atomic E-state index is 11.6. The van der Waals surface area contributed by atoms with E-state index < -0.39 is 11.2 Å². The van der Waals surface area contributed by atoms with E-state index in [0.29, 0.717) is 0 Å². The van der Waals surface area contributed by atoms with Crippen molar-refractivity contribution < 1.29 is 8.78 Å². The summed E-state index contributed by atoms with van der Waals surface area (Å²) in [5, 5.41) is -0.843. The lowest BCUT2D eigenvalue weighted by Gasteiger charge is -1.91. The molecule has 0 spiro atoms. The van der Waals surface area contributed by atoms with E-state index in [2.05, 4.69) is 0 Å². The lowest BCUT2D eigenvalue weighted by Crippen LogP contribution is -1.87. The average molecular weight is 127 g/mol. The second-order valence-corrected chi connectivity index (χ2v) is 1.76. The van der Waals surface area contributed by atoms with Crippen LogP contribution < -0.4 is 0 Å². The highest BCUT2D eigenvalue weighted by atomic mass is 35.5. The van der Waals surface area contributed by atoms with Crippen LogP contribution in [0.5, 0.6) is 0 Å². The van der Waals surface area contributed by atoms with E-state index in [1.54, 1.807) is 0 Å². The van der Waals surface area contributed by atoms with Gasteiger partial charge in [-0.2, -0.15) is 0 Å². The van der Waals surface area contributed by atoms with Crippen molar-refractivity contribution in [2.75, 3.05) is 0 Å². The molecule has 0 radical (unpaired) electrons. The van der Waals surface area contributed by atoms with Crippen molar-refractivity contribution in [3.63, 3.8) is 0 Å². The molecule has 0 aromatic heterocycles. The van der Waals surface area contributed by atoms with Crippen LogP contribution in [0.15, 0.2) is 12.2 Å². The van der Waals surface area contributed by atoms with Gasteiger partial charge in [-0.05, 0) is 6.92 Å². The smallest absolute Gasteiger partial charge is 0.146 e. The van der Waals surface area contributed by atoms with Crippen LogP contribution in [0.1, 0.15) is 6.92 Å². The van der Waals surface area contributed by atoms with E-state index >= 15 is 0 Å². The first-order valence-corrected chi connectivity index (χ1v) is 2.22. The van der Waals surface area contributed by atoms with Gasteiger partial charge in [0.2, 0.25) is 0 Å². The van der Waals surface area contributed by atoms with Gasteiger partial charge < -0.3 is 0 Å². The molecule has 0 nitrogen and oxygen atoms in total. The molecule has 0 amide bonds. The maximum Gasteiger partial charge on any atom is 0.146 e. The summed E-state index contributed by atoms with van der Waals surface area (Å²) in [6.45, 7) is 1.35. The molecule has 1 atom stereocenters. The molecule has 0 saturated heterocycles. The Hall–Kier alpha value is -0.110. The number of hydrogen-bond donors (Lipinski definition) is 0. The molecule has 0 fully saturated rings. The number of rotatable bonds is 1. The largest absolute Gasteiger partial charge is 0.213 e. The summed E-state index contributed by atoms with van der Waals surface area (Å²) in [6, 6.07) is 0. The third-order valence-corrected chi connectivity index (χ3v) is 0.693. The quantitative estimate of drug-likeness (QED) is 0.474. The van der Waals surface area contributed by atoms with Crippen molar-refractivity contribution in [2.24, 2.45) is 0 Å². The molecule has 0 aliphatic heterocycles. The molecule has 0 bridgehead atoms. The maximum absolute atomic E-state index is 11.6. The monoisotopic (exact) mass is 126 g/mol. The highest BCUT2D eigenvalue weighted by Gasteiger charge is 2.00. The van der Waals surface area contributed by atoms with Crippen molar-refractivity contribution in [1.82, 2.24) is 0 Å². The van der Waals surface area contributed by atoms with Crippen LogP contribution >= 0.6 is 11.6 Å². The van der Waals surface area contributed by atoms with Crippen molar-refractivity contribution in [3.05, 3.63) is 12.2 Å². The average Bonchev–Trinajstić information content (AvgIpc) is 1.65. The highest BCUT2D eigenvalue weighted by Crippen LogP contribution is 2.09. The van der Waals surface area contributed by atoms with Crippen LogP contribution in [0.3, 0.4) is 0 Å². The summed E-state index contributed by atoms with van der Waals surface area (Å²) in [5.74, 6) is -0.929. The van der Waals surface area contributed by atoms with Crippen LogP contribution in [-0.2, 0) is 0 Å². The van der Waals surface area contributed by atoms with Crippen LogP contribution in [0, 0.1) is 0 Å². The number of halogens is 3. The molecule has 0 aromatic rings. The zero-order valence-corrected chi connectivity index (χ0v) is 4.54. The fourth-order valence-electron chi connectivity index (χ4n) is 0.0868. The molecule has 0 heterocycles. The van der Waals surface area contributed by atoms with Crippen LogP contribution in [0.2, 0.25) is 0 Å². The third-order valence-electron chi connectivity index (χ3n) is 0.484. The van der Waals surface area contributed by atoms with E-state index in [1.807, 2.05) is 0 Å². The standard InChI is InChI=1S/C4H5ClF2/c1-3(5)4(7)2-6/h2-3H,1H3. The highest BCUT2D eigenvalue weighted by molar-refractivity contribution is 6.21. The Labute approximate surface area is 45.8 Å². The normalized spacial score (nSPS) is 16.9. The summed E-state index contributed by atoms with van der Waals surface area (Å²) in [5.41, 5.74) is 0. The molecule has 3 heteroatoms. The summed E-state index contributed by atoms with van der Waals surface area (Å²) in [4.78, 5) is 0. The molecule has 42 valence electrons. The zero-order chi connectivity index (χ0) is 5.86. The molecular weight excluding hydrogens is 121 g/mol. The van der Waals surface area contributed by atoms with Gasteiger partial charge in [-0.25, -0.2) is 8.78 Å². The second kappa shape index (κ2) is 2.97. The van der Waals surface area contributed by atoms with Gasteiger partial charge in [0.05, 0.1) is 5.38 Å². The SMILES string of the molecule is CC(Cl)C(F)=CF. The summed E-state index contributed by atoms with van der Waals surface area (Å²) in [6.07, 6.45) is -0.141. The van der Waals surface area contributed by atoms with Gasteiger partial charge >= 0.3 is 0 Å². The van der Waals surface area contributed by atoms with E-state index in [1.165, 1.54) is 6.92 Å². The first-order chi connectivity index (χ1) is 3.18. The predicted molar refractivity (Wildman–Crippen MR) is 25.6 cm³/mol. The molecule has 0 aromatic carbocycles. The molecular formula is C4H5ClF2. The number of alkyl halides is 1. The number of hydrogen-bond acceptors (Lipinski definition) is 0. The van der Waals surface area contributed by atoms with Gasteiger partial charge in [-0.3, -0.25) is 0 Å². The van der Waals surface area contributed by atoms with E-state index in [0.717, 1.165) is 0 Å². The van der Waals surface area contributed by atoms with Crippen LogP contribution in [-0.4, -0.2) is 5.38 Å². The fourth-order valence-corrected chi connectivity index (χ4v) is 0.134.